The smallest absolute Gasteiger partial charge is 0.267 e. The van der Waals surface area contributed by atoms with Gasteiger partial charge in [0.15, 0.2) is 5.78 Å². The Labute approximate surface area is 185 Å². The molecule has 1 saturated heterocycles. The van der Waals surface area contributed by atoms with Crippen LogP contribution >= 0.6 is 11.6 Å². The van der Waals surface area contributed by atoms with E-state index in [0.29, 0.717) is 18.7 Å². The number of carbonyl (C=O) groups excluding carboxylic acids is 2. The van der Waals surface area contributed by atoms with E-state index in [1.165, 1.54) is 12.1 Å². The van der Waals surface area contributed by atoms with Gasteiger partial charge in [0, 0.05) is 30.6 Å². The van der Waals surface area contributed by atoms with E-state index in [-0.39, 0.29) is 34.9 Å². The fourth-order valence-corrected chi connectivity index (χ4v) is 4.03. The maximum absolute atomic E-state index is 13.0. The minimum atomic E-state index is -0.388. The molecule has 0 saturated carbocycles. The molecule has 1 aliphatic heterocycles. The van der Waals surface area contributed by atoms with Crippen LogP contribution in [0.4, 0.5) is 0 Å². The Morgan fingerprint density at radius 2 is 1.68 bits per heavy atom. The van der Waals surface area contributed by atoms with Gasteiger partial charge in [-0.1, -0.05) is 66.2 Å². The molecule has 1 aromatic heterocycles. The number of benzene rings is 2. The second-order valence-electron chi connectivity index (χ2n) is 7.64. The van der Waals surface area contributed by atoms with Gasteiger partial charge >= 0.3 is 0 Å². The largest absolute Gasteiger partial charge is 0.340 e. The lowest BCUT2D eigenvalue weighted by Gasteiger charge is -2.32. The highest BCUT2D eigenvalue weighted by Gasteiger charge is 2.29. The number of amides is 1. The summed E-state index contributed by atoms with van der Waals surface area (Å²) in [6.45, 7) is 0.713. The van der Waals surface area contributed by atoms with Gasteiger partial charge in [-0.2, -0.15) is 5.10 Å². The van der Waals surface area contributed by atoms with Crippen LogP contribution in [0.5, 0.6) is 0 Å². The van der Waals surface area contributed by atoms with Gasteiger partial charge in [0.25, 0.3) is 5.56 Å². The second kappa shape index (κ2) is 9.27. The van der Waals surface area contributed by atoms with Gasteiger partial charge < -0.3 is 4.90 Å². The molecule has 0 aliphatic carbocycles. The SMILES string of the molecule is O=C(c1ccc(-c2ccccc2)cc1)C1CCCN(C(=O)Cn2nc(Cl)ccc2=O)C1. The van der Waals surface area contributed by atoms with E-state index in [2.05, 4.69) is 5.10 Å². The molecule has 0 N–H and O–H groups in total. The number of rotatable bonds is 5. The molecule has 1 atom stereocenters. The maximum atomic E-state index is 13.0. The van der Waals surface area contributed by atoms with Crippen LogP contribution in [0.3, 0.4) is 0 Å². The third-order valence-electron chi connectivity index (χ3n) is 5.54. The molecule has 0 bridgehead atoms. The Morgan fingerprint density at radius 1 is 0.968 bits per heavy atom. The zero-order valence-electron chi connectivity index (χ0n) is 16.9. The number of halogens is 1. The highest BCUT2D eigenvalue weighted by molar-refractivity contribution is 6.29. The summed E-state index contributed by atoms with van der Waals surface area (Å²) in [5, 5.41) is 4.05. The van der Waals surface area contributed by atoms with Crippen LogP contribution in [0.15, 0.2) is 71.5 Å². The van der Waals surface area contributed by atoms with Crippen LogP contribution < -0.4 is 5.56 Å². The number of carbonyl (C=O) groups is 2. The van der Waals surface area contributed by atoms with E-state index in [1.54, 1.807) is 4.90 Å². The average Bonchev–Trinajstić information content (AvgIpc) is 2.81. The number of hydrogen-bond acceptors (Lipinski definition) is 4. The lowest BCUT2D eigenvalue weighted by atomic mass is 9.89. The number of hydrogen-bond donors (Lipinski definition) is 0. The van der Waals surface area contributed by atoms with Crippen molar-refractivity contribution < 1.29 is 9.59 Å². The van der Waals surface area contributed by atoms with Crippen LogP contribution in [-0.4, -0.2) is 39.5 Å². The molecule has 4 rings (SSSR count). The fraction of sp³-hybridized carbons (Fsp3) is 0.250. The predicted molar refractivity (Wildman–Crippen MR) is 119 cm³/mol. The van der Waals surface area contributed by atoms with Crippen LogP contribution in [0.2, 0.25) is 5.15 Å². The van der Waals surface area contributed by atoms with E-state index in [9.17, 15) is 14.4 Å². The fourth-order valence-electron chi connectivity index (χ4n) is 3.88. The molecular formula is C24H22ClN3O3. The highest BCUT2D eigenvalue weighted by Crippen LogP contribution is 2.24. The van der Waals surface area contributed by atoms with Gasteiger partial charge in [-0.25, -0.2) is 4.68 Å². The summed E-state index contributed by atoms with van der Waals surface area (Å²) < 4.78 is 1.05. The Kier molecular flexibility index (Phi) is 6.28. The minimum Gasteiger partial charge on any atom is -0.340 e. The molecule has 6 nitrogen and oxygen atoms in total. The number of aromatic nitrogens is 2. The van der Waals surface area contributed by atoms with Crippen molar-refractivity contribution in [1.29, 1.82) is 0 Å². The predicted octanol–water partition coefficient (Wildman–Crippen LogP) is 3.69. The first-order chi connectivity index (χ1) is 15.0. The molecule has 158 valence electrons. The Balaban J connectivity index is 1.43. The Hall–Kier alpha value is -3.25. The summed E-state index contributed by atoms with van der Waals surface area (Å²) in [5.74, 6) is -0.465. The lowest BCUT2D eigenvalue weighted by molar-refractivity contribution is -0.133. The van der Waals surface area contributed by atoms with Crippen molar-refractivity contribution in [2.45, 2.75) is 19.4 Å². The average molecular weight is 436 g/mol. The summed E-state index contributed by atoms with van der Waals surface area (Å²) in [6.07, 6.45) is 1.47. The molecule has 2 heterocycles. The standard InChI is InChI=1S/C24H22ClN3O3/c25-21-12-13-22(29)28(26-21)16-23(30)27-14-4-7-20(15-27)24(31)19-10-8-18(9-11-19)17-5-2-1-3-6-17/h1-3,5-6,8-13,20H,4,7,14-16H2. The second-order valence-corrected chi connectivity index (χ2v) is 8.03. The molecular weight excluding hydrogens is 414 g/mol. The van der Waals surface area contributed by atoms with Crippen LogP contribution in [0.1, 0.15) is 23.2 Å². The summed E-state index contributed by atoms with van der Waals surface area (Å²) in [6, 6.07) is 20.3. The van der Waals surface area contributed by atoms with Crippen LogP contribution in [-0.2, 0) is 11.3 Å². The van der Waals surface area contributed by atoms with Crippen molar-refractivity contribution in [3.63, 3.8) is 0 Å². The topological polar surface area (TPSA) is 72.3 Å². The summed E-state index contributed by atoms with van der Waals surface area (Å²) in [4.78, 5) is 39.3. The van der Waals surface area contributed by atoms with E-state index in [0.717, 1.165) is 28.7 Å². The van der Waals surface area contributed by atoms with Crippen LogP contribution in [0, 0.1) is 5.92 Å². The molecule has 0 spiro atoms. The van der Waals surface area contributed by atoms with Gasteiger partial charge in [-0.15, -0.1) is 0 Å². The molecule has 31 heavy (non-hydrogen) atoms. The summed E-state index contributed by atoms with van der Waals surface area (Å²) in [5.41, 5.74) is 2.41. The van der Waals surface area contributed by atoms with E-state index in [4.69, 9.17) is 11.6 Å². The normalized spacial score (nSPS) is 16.2. The molecule has 7 heteroatoms. The van der Waals surface area contributed by atoms with Gasteiger partial charge in [-0.05, 0) is 30.0 Å². The van der Waals surface area contributed by atoms with Crippen molar-refractivity contribution in [3.05, 3.63) is 87.8 Å². The molecule has 3 aromatic rings. The Morgan fingerprint density at radius 3 is 2.42 bits per heavy atom. The van der Waals surface area contributed by atoms with E-state index < -0.39 is 0 Å². The number of nitrogens with zero attached hydrogens (tertiary/aromatic N) is 3. The zero-order valence-corrected chi connectivity index (χ0v) is 17.7. The van der Waals surface area contributed by atoms with Gasteiger partial charge in [-0.3, -0.25) is 14.4 Å². The maximum Gasteiger partial charge on any atom is 0.267 e. The van der Waals surface area contributed by atoms with Crippen molar-refractivity contribution in [2.75, 3.05) is 13.1 Å². The van der Waals surface area contributed by atoms with Crippen molar-refractivity contribution >= 4 is 23.3 Å². The first-order valence-electron chi connectivity index (χ1n) is 10.2. The molecule has 1 fully saturated rings. The molecule has 0 radical (unpaired) electrons. The molecule has 1 aliphatic rings. The number of likely N-dealkylation sites (tertiary alicyclic amines) is 1. The molecule has 1 unspecified atom stereocenters. The third kappa shape index (κ3) is 4.91. The lowest BCUT2D eigenvalue weighted by Crippen LogP contribution is -2.44. The first-order valence-corrected chi connectivity index (χ1v) is 10.6. The van der Waals surface area contributed by atoms with E-state index in [1.807, 2.05) is 54.6 Å². The summed E-state index contributed by atoms with van der Waals surface area (Å²) >= 11 is 5.83. The van der Waals surface area contributed by atoms with Crippen LogP contribution in [0.25, 0.3) is 11.1 Å². The Bertz CT molecular complexity index is 1140. The van der Waals surface area contributed by atoms with Crippen molar-refractivity contribution in [2.24, 2.45) is 5.92 Å². The van der Waals surface area contributed by atoms with E-state index >= 15 is 0 Å². The first kappa shape index (κ1) is 21.0. The molecule has 2 aromatic carbocycles. The quantitative estimate of drug-likeness (QED) is 0.573. The zero-order chi connectivity index (χ0) is 21.8. The van der Waals surface area contributed by atoms with Gasteiger partial charge in [0.2, 0.25) is 5.91 Å². The van der Waals surface area contributed by atoms with Crippen molar-refractivity contribution in [3.8, 4) is 11.1 Å². The minimum absolute atomic E-state index is 0.0372. The number of ketones is 1. The summed E-state index contributed by atoms with van der Waals surface area (Å²) in [7, 11) is 0. The van der Waals surface area contributed by atoms with Gasteiger partial charge in [0.05, 0.1) is 0 Å². The highest BCUT2D eigenvalue weighted by atomic mass is 35.5. The number of Topliss-reactive ketones (excluding diaryl/α,β-unsaturated/α-hetero) is 1. The number of piperidine rings is 1. The molecule has 1 amide bonds. The third-order valence-corrected chi connectivity index (χ3v) is 5.74. The van der Waals surface area contributed by atoms with Gasteiger partial charge in [0.1, 0.15) is 11.7 Å². The monoisotopic (exact) mass is 435 g/mol. The van der Waals surface area contributed by atoms with Crippen molar-refractivity contribution in [1.82, 2.24) is 14.7 Å².